The number of rotatable bonds is 6. The smallest absolute Gasteiger partial charge is 0.233 e. The van der Waals surface area contributed by atoms with Crippen LogP contribution in [0.3, 0.4) is 0 Å². The lowest BCUT2D eigenvalue weighted by atomic mass is 10.0. The summed E-state index contributed by atoms with van der Waals surface area (Å²) in [5.41, 5.74) is 3.13. The number of carbonyl (C=O) groups excluding carboxylic acids is 1. The largest absolute Gasteiger partial charge is 0.378 e. The monoisotopic (exact) mass is 456 g/mol. The number of halogens is 1. The maximum atomic E-state index is 12.7. The summed E-state index contributed by atoms with van der Waals surface area (Å²) < 4.78 is 7.40. The van der Waals surface area contributed by atoms with E-state index in [1.807, 2.05) is 41.3 Å². The Morgan fingerprint density at radius 2 is 1.81 bits per heavy atom. The highest BCUT2D eigenvalue weighted by molar-refractivity contribution is 7.99. The molecule has 0 spiro atoms. The first kappa shape index (κ1) is 21.9. The Bertz CT molecular complexity index is 1050. The maximum Gasteiger partial charge on any atom is 0.233 e. The molecule has 2 heterocycles. The van der Waals surface area contributed by atoms with Crippen molar-refractivity contribution in [3.63, 3.8) is 0 Å². The van der Waals surface area contributed by atoms with Gasteiger partial charge < -0.3 is 9.64 Å². The molecule has 0 saturated carbocycles. The van der Waals surface area contributed by atoms with Gasteiger partial charge in [-0.2, -0.15) is 0 Å². The zero-order chi connectivity index (χ0) is 21.8. The number of morpholine rings is 1. The van der Waals surface area contributed by atoms with E-state index in [-0.39, 0.29) is 5.91 Å². The molecule has 1 aromatic heterocycles. The van der Waals surface area contributed by atoms with Crippen molar-refractivity contribution in [3.05, 3.63) is 59.1 Å². The highest BCUT2D eigenvalue weighted by Crippen LogP contribution is 2.32. The van der Waals surface area contributed by atoms with Gasteiger partial charge in [0.15, 0.2) is 11.0 Å². The quantitative estimate of drug-likeness (QED) is 0.505. The molecule has 1 aliphatic rings. The van der Waals surface area contributed by atoms with Crippen LogP contribution in [0.5, 0.6) is 0 Å². The van der Waals surface area contributed by atoms with Gasteiger partial charge in [0, 0.05) is 23.7 Å². The first-order valence-electron chi connectivity index (χ1n) is 10.3. The van der Waals surface area contributed by atoms with E-state index in [4.69, 9.17) is 16.3 Å². The van der Waals surface area contributed by atoms with Gasteiger partial charge in [0.1, 0.15) is 0 Å². The molecule has 0 aliphatic carbocycles. The fourth-order valence-corrected chi connectivity index (χ4v) is 4.55. The Kier molecular flexibility index (Phi) is 6.95. The predicted octanol–water partition coefficient (Wildman–Crippen LogP) is 4.66. The van der Waals surface area contributed by atoms with Gasteiger partial charge in [-0.05, 0) is 41.8 Å². The molecule has 3 aromatic rings. The van der Waals surface area contributed by atoms with Crippen molar-refractivity contribution in [1.82, 2.24) is 19.7 Å². The average molecular weight is 457 g/mol. The molecule has 8 heteroatoms. The Morgan fingerprint density at radius 1 is 1.10 bits per heavy atom. The molecule has 6 nitrogen and oxygen atoms in total. The van der Waals surface area contributed by atoms with Crippen LogP contribution in [-0.2, 0) is 9.53 Å². The summed E-state index contributed by atoms with van der Waals surface area (Å²) in [4.78, 5) is 14.5. The molecule has 1 aliphatic heterocycles. The SMILES string of the molecule is CC(C)c1ccccc1-n1c(SCC(=O)N2CCOCC2)nnc1-c1ccc(Cl)cc1. The third kappa shape index (κ3) is 4.95. The van der Waals surface area contributed by atoms with Crippen LogP contribution >= 0.6 is 23.4 Å². The van der Waals surface area contributed by atoms with Crippen molar-refractivity contribution < 1.29 is 9.53 Å². The van der Waals surface area contributed by atoms with E-state index in [2.05, 4.69) is 40.7 Å². The molecule has 1 saturated heterocycles. The lowest BCUT2D eigenvalue weighted by molar-refractivity contribution is -0.132. The summed E-state index contributed by atoms with van der Waals surface area (Å²) in [7, 11) is 0. The second kappa shape index (κ2) is 9.85. The Morgan fingerprint density at radius 3 is 2.52 bits per heavy atom. The van der Waals surface area contributed by atoms with Gasteiger partial charge in [-0.25, -0.2) is 0 Å². The minimum absolute atomic E-state index is 0.0908. The number of aromatic nitrogens is 3. The van der Waals surface area contributed by atoms with Crippen molar-refractivity contribution in [1.29, 1.82) is 0 Å². The molecular formula is C23H25ClN4O2S. The second-order valence-corrected chi connectivity index (χ2v) is 9.02. The molecule has 0 N–H and O–H groups in total. The zero-order valence-corrected chi connectivity index (χ0v) is 19.2. The van der Waals surface area contributed by atoms with Crippen molar-refractivity contribution >= 4 is 29.3 Å². The van der Waals surface area contributed by atoms with E-state index >= 15 is 0 Å². The van der Waals surface area contributed by atoms with Crippen LogP contribution in [0.15, 0.2) is 53.7 Å². The Balaban J connectivity index is 1.70. The van der Waals surface area contributed by atoms with Gasteiger partial charge in [0.05, 0.1) is 24.7 Å². The molecule has 0 unspecified atom stereocenters. The van der Waals surface area contributed by atoms with E-state index in [1.165, 1.54) is 17.3 Å². The Labute approximate surface area is 191 Å². The summed E-state index contributed by atoms with van der Waals surface area (Å²) in [6, 6.07) is 15.8. The predicted molar refractivity (Wildman–Crippen MR) is 124 cm³/mol. The highest BCUT2D eigenvalue weighted by Gasteiger charge is 2.22. The number of hydrogen-bond acceptors (Lipinski definition) is 5. The molecule has 0 atom stereocenters. The van der Waals surface area contributed by atoms with Crippen LogP contribution in [0.4, 0.5) is 0 Å². The van der Waals surface area contributed by atoms with E-state index in [0.717, 1.165) is 17.1 Å². The fraction of sp³-hybridized carbons (Fsp3) is 0.348. The molecule has 31 heavy (non-hydrogen) atoms. The van der Waals surface area contributed by atoms with E-state index in [9.17, 15) is 4.79 Å². The zero-order valence-electron chi connectivity index (χ0n) is 17.6. The summed E-state index contributed by atoms with van der Waals surface area (Å²) in [6.45, 7) is 6.79. The van der Waals surface area contributed by atoms with E-state index in [1.54, 1.807) is 0 Å². The van der Waals surface area contributed by atoms with Crippen LogP contribution in [0.25, 0.3) is 17.1 Å². The minimum Gasteiger partial charge on any atom is -0.378 e. The summed E-state index contributed by atoms with van der Waals surface area (Å²) in [5, 5.41) is 10.3. The third-order valence-electron chi connectivity index (χ3n) is 5.22. The third-order valence-corrected chi connectivity index (χ3v) is 6.39. The standard InChI is InChI=1S/C23H25ClN4O2S/c1-16(2)19-5-3-4-6-20(19)28-22(17-7-9-18(24)10-8-17)25-26-23(28)31-15-21(29)27-11-13-30-14-12-27/h3-10,16H,11-15H2,1-2H3. The molecule has 1 fully saturated rings. The second-order valence-electron chi connectivity index (χ2n) is 7.64. The number of thioether (sulfide) groups is 1. The number of benzene rings is 2. The highest BCUT2D eigenvalue weighted by atomic mass is 35.5. The summed E-state index contributed by atoms with van der Waals surface area (Å²) in [6.07, 6.45) is 0. The normalized spacial score (nSPS) is 14.3. The average Bonchev–Trinajstić information content (AvgIpc) is 3.22. The van der Waals surface area contributed by atoms with Gasteiger partial charge in [-0.15, -0.1) is 10.2 Å². The number of hydrogen-bond donors (Lipinski definition) is 0. The van der Waals surface area contributed by atoms with Crippen molar-refractivity contribution in [2.24, 2.45) is 0 Å². The van der Waals surface area contributed by atoms with Crippen LogP contribution in [0.1, 0.15) is 25.3 Å². The lowest BCUT2D eigenvalue weighted by Gasteiger charge is -2.26. The first-order chi connectivity index (χ1) is 15.0. The molecule has 162 valence electrons. The van der Waals surface area contributed by atoms with Crippen LogP contribution in [0.2, 0.25) is 5.02 Å². The van der Waals surface area contributed by atoms with Crippen LogP contribution in [-0.4, -0.2) is 57.6 Å². The van der Waals surface area contributed by atoms with Crippen molar-refractivity contribution in [2.75, 3.05) is 32.1 Å². The number of ether oxygens (including phenoxy) is 1. The fourth-order valence-electron chi connectivity index (χ4n) is 3.58. The van der Waals surface area contributed by atoms with Gasteiger partial charge in [-0.3, -0.25) is 9.36 Å². The van der Waals surface area contributed by atoms with Gasteiger partial charge in [-0.1, -0.05) is 55.4 Å². The van der Waals surface area contributed by atoms with Crippen LogP contribution < -0.4 is 0 Å². The molecule has 4 rings (SSSR count). The van der Waals surface area contributed by atoms with Crippen molar-refractivity contribution in [2.45, 2.75) is 24.9 Å². The maximum absolute atomic E-state index is 12.7. The Hall–Kier alpha value is -2.35. The topological polar surface area (TPSA) is 60.2 Å². The minimum atomic E-state index is 0.0908. The first-order valence-corrected chi connectivity index (χ1v) is 11.7. The lowest BCUT2D eigenvalue weighted by Crippen LogP contribution is -2.41. The molecule has 0 bridgehead atoms. The van der Waals surface area contributed by atoms with Gasteiger partial charge in [0.25, 0.3) is 0 Å². The summed E-state index contributed by atoms with van der Waals surface area (Å²) in [5.74, 6) is 1.45. The van der Waals surface area contributed by atoms with Gasteiger partial charge >= 0.3 is 0 Å². The summed E-state index contributed by atoms with van der Waals surface area (Å²) >= 11 is 7.50. The number of carbonyl (C=O) groups is 1. The van der Waals surface area contributed by atoms with Gasteiger partial charge in [0.2, 0.25) is 5.91 Å². The molecule has 1 amide bonds. The molecular weight excluding hydrogens is 432 g/mol. The van der Waals surface area contributed by atoms with E-state index < -0.39 is 0 Å². The number of para-hydroxylation sites is 1. The van der Waals surface area contributed by atoms with Crippen LogP contribution in [0, 0.1) is 0 Å². The molecule has 0 radical (unpaired) electrons. The van der Waals surface area contributed by atoms with Crippen molar-refractivity contribution in [3.8, 4) is 17.1 Å². The molecule has 2 aromatic carbocycles. The number of nitrogens with zero attached hydrogens (tertiary/aromatic N) is 4. The number of amides is 1. The van der Waals surface area contributed by atoms with E-state index in [0.29, 0.717) is 48.2 Å².